The van der Waals surface area contributed by atoms with Crippen LogP contribution in [0.2, 0.25) is 0 Å². The fourth-order valence-electron chi connectivity index (χ4n) is 0.775. The first-order valence-corrected chi connectivity index (χ1v) is 4.12. The van der Waals surface area contributed by atoms with Crippen molar-refractivity contribution in [3.63, 3.8) is 0 Å². The van der Waals surface area contributed by atoms with Crippen molar-refractivity contribution >= 4 is 6.03 Å². The smallest absolute Gasteiger partial charge is 0.317 e. The predicted molar refractivity (Wildman–Crippen MR) is 47.0 cm³/mol. The largest absolute Gasteiger partial charge is 0.360 e. The topological polar surface area (TPSA) is 58.4 Å². The molecule has 0 fully saturated rings. The Morgan fingerprint density at radius 3 is 3.08 bits per heavy atom. The van der Waals surface area contributed by atoms with Crippen molar-refractivity contribution < 1.29 is 9.32 Å². The molecule has 0 spiro atoms. The summed E-state index contributed by atoms with van der Waals surface area (Å²) in [6.45, 7) is 2.97. The number of aromatic nitrogens is 1. The molecule has 1 heterocycles. The zero-order valence-electron chi connectivity index (χ0n) is 7.78. The Morgan fingerprint density at radius 1 is 1.77 bits per heavy atom. The number of hydrogen-bond acceptors (Lipinski definition) is 3. The summed E-state index contributed by atoms with van der Waals surface area (Å²) in [6, 6.07) is 1.60. The van der Waals surface area contributed by atoms with Crippen molar-refractivity contribution in [3.05, 3.63) is 18.0 Å². The van der Waals surface area contributed by atoms with Crippen molar-refractivity contribution in [1.82, 2.24) is 15.4 Å². The third kappa shape index (κ3) is 2.77. The minimum atomic E-state index is -0.112. The van der Waals surface area contributed by atoms with Gasteiger partial charge in [-0.25, -0.2) is 4.79 Å². The van der Waals surface area contributed by atoms with Crippen molar-refractivity contribution in [1.29, 1.82) is 0 Å². The summed E-state index contributed by atoms with van der Waals surface area (Å²) >= 11 is 0. The summed E-state index contributed by atoms with van der Waals surface area (Å²) in [5.41, 5.74) is 0. The Kier molecular flexibility index (Phi) is 3.31. The molecule has 0 aliphatic heterocycles. The minimum absolute atomic E-state index is 0.112. The van der Waals surface area contributed by atoms with Gasteiger partial charge in [0.2, 0.25) is 0 Å². The average Bonchev–Trinajstić information content (AvgIpc) is 2.65. The first-order chi connectivity index (χ1) is 6.24. The van der Waals surface area contributed by atoms with Gasteiger partial charge >= 0.3 is 6.03 Å². The molecule has 0 aliphatic rings. The van der Waals surface area contributed by atoms with Gasteiger partial charge in [-0.3, -0.25) is 0 Å². The molecule has 1 aromatic rings. The Morgan fingerprint density at radius 2 is 2.54 bits per heavy atom. The van der Waals surface area contributed by atoms with Crippen molar-refractivity contribution in [2.45, 2.75) is 13.5 Å². The monoisotopic (exact) mass is 183 g/mol. The fourth-order valence-corrected chi connectivity index (χ4v) is 0.775. The molecule has 1 aromatic heterocycles. The molecule has 1 rings (SSSR count). The summed E-state index contributed by atoms with van der Waals surface area (Å²) < 4.78 is 4.81. The van der Waals surface area contributed by atoms with Gasteiger partial charge in [0.25, 0.3) is 0 Å². The van der Waals surface area contributed by atoms with E-state index in [9.17, 15) is 4.79 Å². The third-order valence-corrected chi connectivity index (χ3v) is 1.73. The summed E-state index contributed by atoms with van der Waals surface area (Å²) in [5.74, 6) is 0.651. The molecule has 0 saturated heterocycles. The van der Waals surface area contributed by atoms with Crippen molar-refractivity contribution in [3.8, 4) is 0 Å². The normalized spacial score (nSPS) is 9.69. The van der Waals surface area contributed by atoms with Crippen LogP contribution < -0.4 is 5.32 Å². The van der Waals surface area contributed by atoms with Gasteiger partial charge in [-0.15, -0.1) is 0 Å². The van der Waals surface area contributed by atoms with Gasteiger partial charge < -0.3 is 14.7 Å². The summed E-state index contributed by atoms with van der Waals surface area (Å²) in [6.07, 6.45) is 1.55. The predicted octanol–water partition coefficient (Wildman–Crippen LogP) is 0.836. The molecule has 0 aliphatic carbocycles. The first-order valence-electron chi connectivity index (χ1n) is 4.12. The fraction of sp³-hybridized carbons (Fsp3) is 0.500. The number of carbonyl (C=O) groups is 1. The van der Waals surface area contributed by atoms with Crippen LogP contribution in [0, 0.1) is 0 Å². The number of urea groups is 1. The van der Waals surface area contributed by atoms with E-state index in [4.69, 9.17) is 4.52 Å². The van der Waals surface area contributed by atoms with Crippen molar-refractivity contribution in [2.75, 3.05) is 13.6 Å². The zero-order chi connectivity index (χ0) is 9.68. The van der Waals surface area contributed by atoms with Gasteiger partial charge in [0, 0.05) is 19.7 Å². The second kappa shape index (κ2) is 4.49. The maximum Gasteiger partial charge on any atom is 0.317 e. The van der Waals surface area contributed by atoms with E-state index in [1.807, 2.05) is 6.92 Å². The second-order valence-electron chi connectivity index (χ2n) is 2.65. The van der Waals surface area contributed by atoms with Gasteiger partial charge in [-0.2, -0.15) is 0 Å². The van der Waals surface area contributed by atoms with Crippen molar-refractivity contribution in [2.24, 2.45) is 0 Å². The number of nitrogens with one attached hydrogen (secondary N) is 1. The quantitative estimate of drug-likeness (QED) is 0.755. The number of nitrogens with zero attached hydrogens (tertiary/aromatic N) is 2. The van der Waals surface area contributed by atoms with Crippen LogP contribution in [-0.2, 0) is 6.54 Å². The van der Waals surface area contributed by atoms with Gasteiger partial charge in [-0.05, 0) is 6.92 Å². The molecule has 5 nitrogen and oxygen atoms in total. The SMILES string of the molecule is CCN(C)C(=O)NCc1ccno1. The van der Waals surface area contributed by atoms with Crippen LogP contribution in [0.3, 0.4) is 0 Å². The molecule has 1 N–H and O–H groups in total. The van der Waals surface area contributed by atoms with Crippen LogP contribution in [-0.4, -0.2) is 29.7 Å². The highest BCUT2D eigenvalue weighted by Gasteiger charge is 2.05. The Balaban J connectivity index is 2.31. The summed E-state index contributed by atoms with van der Waals surface area (Å²) in [4.78, 5) is 12.8. The van der Waals surface area contributed by atoms with E-state index in [1.165, 1.54) is 0 Å². The lowest BCUT2D eigenvalue weighted by Gasteiger charge is -2.14. The van der Waals surface area contributed by atoms with E-state index in [0.717, 1.165) is 0 Å². The molecule has 13 heavy (non-hydrogen) atoms. The molecule has 0 saturated carbocycles. The van der Waals surface area contributed by atoms with E-state index in [0.29, 0.717) is 18.8 Å². The number of amides is 2. The standard InChI is InChI=1S/C8H13N3O2/c1-3-11(2)8(12)9-6-7-4-5-10-13-7/h4-5H,3,6H2,1-2H3,(H,9,12). The highest BCUT2D eigenvalue weighted by Crippen LogP contribution is 1.95. The van der Waals surface area contributed by atoms with Gasteiger partial charge in [0.1, 0.15) is 0 Å². The summed E-state index contributed by atoms with van der Waals surface area (Å²) in [5, 5.41) is 6.21. The Labute approximate surface area is 76.7 Å². The van der Waals surface area contributed by atoms with E-state index >= 15 is 0 Å². The molecule has 0 unspecified atom stereocenters. The van der Waals surface area contributed by atoms with E-state index < -0.39 is 0 Å². The van der Waals surface area contributed by atoms with Gasteiger partial charge in [0.15, 0.2) is 5.76 Å². The highest BCUT2D eigenvalue weighted by atomic mass is 16.5. The Bertz CT molecular complexity index is 258. The number of hydrogen-bond donors (Lipinski definition) is 1. The molecule has 0 bridgehead atoms. The highest BCUT2D eigenvalue weighted by molar-refractivity contribution is 5.73. The molecule has 0 aromatic carbocycles. The molecular weight excluding hydrogens is 170 g/mol. The van der Waals surface area contributed by atoms with Gasteiger partial charge in [-0.1, -0.05) is 5.16 Å². The molecule has 0 radical (unpaired) electrons. The molecule has 72 valence electrons. The lowest BCUT2D eigenvalue weighted by molar-refractivity contribution is 0.209. The third-order valence-electron chi connectivity index (χ3n) is 1.73. The number of rotatable bonds is 3. The summed E-state index contributed by atoms with van der Waals surface area (Å²) in [7, 11) is 1.73. The minimum Gasteiger partial charge on any atom is -0.360 e. The van der Waals surface area contributed by atoms with E-state index in [-0.39, 0.29) is 6.03 Å². The molecular formula is C8H13N3O2. The van der Waals surface area contributed by atoms with Crippen LogP contribution >= 0.6 is 0 Å². The van der Waals surface area contributed by atoms with Crippen LogP contribution in [0.25, 0.3) is 0 Å². The zero-order valence-corrected chi connectivity index (χ0v) is 7.78. The van der Waals surface area contributed by atoms with Crippen LogP contribution in [0.5, 0.6) is 0 Å². The van der Waals surface area contributed by atoms with Crippen LogP contribution in [0.4, 0.5) is 4.79 Å². The Hall–Kier alpha value is -1.52. The van der Waals surface area contributed by atoms with Crippen LogP contribution in [0.15, 0.2) is 16.8 Å². The molecule has 5 heteroatoms. The lowest BCUT2D eigenvalue weighted by atomic mass is 10.4. The first kappa shape index (κ1) is 9.57. The second-order valence-corrected chi connectivity index (χ2v) is 2.65. The maximum atomic E-state index is 11.2. The van der Waals surface area contributed by atoms with Crippen LogP contribution in [0.1, 0.15) is 12.7 Å². The number of carbonyl (C=O) groups excluding carboxylic acids is 1. The molecule has 2 amide bonds. The van der Waals surface area contributed by atoms with E-state index in [2.05, 4.69) is 10.5 Å². The van der Waals surface area contributed by atoms with E-state index in [1.54, 1.807) is 24.2 Å². The maximum absolute atomic E-state index is 11.2. The lowest BCUT2D eigenvalue weighted by Crippen LogP contribution is -2.36. The van der Waals surface area contributed by atoms with Gasteiger partial charge in [0.05, 0.1) is 12.7 Å². The average molecular weight is 183 g/mol. The molecule has 0 atom stereocenters.